The molecule has 2 N–H and O–H groups in total. The smallest absolute Gasteiger partial charge is 0.261 e. The van der Waals surface area contributed by atoms with Gasteiger partial charge in [0.05, 0.1) is 16.3 Å². The molecule has 28 heavy (non-hydrogen) atoms. The number of halogens is 1. The van der Waals surface area contributed by atoms with E-state index in [0.717, 1.165) is 18.5 Å². The first-order chi connectivity index (χ1) is 12.8. The molecule has 1 fully saturated rings. The number of nitrogens with one attached hydrogen (secondary N) is 2. The van der Waals surface area contributed by atoms with Crippen molar-refractivity contribution >= 4 is 28.1 Å². The molecule has 3 rings (SSSR count). The highest BCUT2D eigenvalue weighted by molar-refractivity contribution is 7.92. The van der Waals surface area contributed by atoms with Gasteiger partial charge in [0.25, 0.3) is 10.0 Å². The van der Waals surface area contributed by atoms with E-state index in [1.165, 1.54) is 6.42 Å². The number of pyridine rings is 1. The number of benzene rings is 1. The lowest BCUT2D eigenvalue weighted by molar-refractivity contribution is 0.267. The minimum Gasteiger partial charge on any atom is -0.476 e. The zero-order valence-corrected chi connectivity index (χ0v) is 18.1. The van der Waals surface area contributed by atoms with Gasteiger partial charge in [-0.05, 0) is 56.0 Å². The molecule has 0 unspecified atom stereocenters. The summed E-state index contributed by atoms with van der Waals surface area (Å²) in [6.45, 7) is 7.51. The number of aryl methyl sites for hydroxylation is 1. The van der Waals surface area contributed by atoms with E-state index >= 15 is 0 Å². The van der Waals surface area contributed by atoms with Crippen molar-refractivity contribution in [1.82, 2.24) is 10.3 Å². The normalized spacial score (nSPS) is 16.6. The summed E-state index contributed by atoms with van der Waals surface area (Å²) in [5.41, 5.74) is 2.13. The van der Waals surface area contributed by atoms with Gasteiger partial charge in [0.2, 0.25) is 5.88 Å². The highest BCUT2D eigenvalue weighted by Crippen LogP contribution is 2.23. The molecule has 0 radical (unpaired) electrons. The SMILES string of the molecule is Cc1nc(OC[C@@H]2CCCN2)ccc1NS(=O)(=O)c1ccc(C(C)C)cc1.Cl. The van der Waals surface area contributed by atoms with Gasteiger partial charge in [-0.25, -0.2) is 13.4 Å². The number of rotatable bonds is 7. The van der Waals surface area contributed by atoms with E-state index in [-0.39, 0.29) is 17.3 Å². The van der Waals surface area contributed by atoms with Crippen LogP contribution in [0.15, 0.2) is 41.3 Å². The fourth-order valence-electron chi connectivity index (χ4n) is 3.05. The lowest BCUT2D eigenvalue weighted by Crippen LogP contribution is -2.28. The van der Waals surface area contributed by atoms with Gasteiger partial charge in [-0.1, -0.05) is 26.0 Å². The summed E-state index contributed by atoms with van der Waals surface area (Å²) in [4.78, 5) is 4.61. The predicted octanol–water partition coefficient (Wildman–Crippen LogP) is 3.87. The summed E-state index contributed by atoms with van der Waals surface area (Å²) < 4.78 is 33.6. The van der Waals surface area contributed by atoms with Crippen LogP contribution in [0.1, 0.15) is 43.9 Å². The van der Waals surface area contributed by atoms with E-state index in [1.54, 1.807) is 31.2 Å². The van der Waals surface area contributed by atoms with Crippen LogP contribution in [0.25, 0.3) is 0 Å². The van der Waals surface area contributed by atoms with Crippen molar-refractivity contribution in [3.05, 3.63) is 47.7 Å². The van der Waals surface area contributed by atoms with Crippen LogP contribution in [0.2, 0.25) is 0 Å². The molecule has 1 aromatic carbocycles. The lowest BCUT2D eigenvalue weighted by atomic mass is 10.0. The monoisotopic (exact) mass is 425 g/mol. The van der Waals surface area contributed by atoms with Crippen molar-refractivity contribution in [2.24, 2.45) is 0 Å². The topological polar surface area (TPSA) is 80.3 Å². The Hall–Kier alpha value is -1.83. The molecular weight excluding hydrogens is 398 g/mol. The van der Waals surface area contributed by atoms with E-state index < -0.39 is 10.0 Å². The maximum absolute atomic E-state index is 12.6. The summed E-state index contributed by atoms with van der Waals surface area (Å²) in [6, 6.07) is 10.7. The highest BCUT2D eigenvalue weighted by atomic mass is 35.5. The molecule has 2 heterocycles. The zero-order valence-electron chi connectivity index (χ0n) is 16.4. The van der Waals surface area contributed by atoms with Gasteiger partial charge in [-0.15, -0.1) is 12.4 Å². The largest absolute Gasteiger partial charge is 0.476 e. The first kappa shape index (κ1) is 22.5. The molecule has 1 aliphatic heterocycles. The van der Waals surface area contributed by atoms with Crippen molar-refractivity contribution in [3.8, 4) is 5.88 Å². The second-order valence-corrected chi connectivity index (χ2v) is 8.90. The van der Waals surface area contributed by atoms with Crippen LogP contribution in [0.4, 0.5) is 5.69 Å². The molecule has 1 aliphatic rings. The summed E-state index contributed by atoms with van der Waals surface area (Å²) in [5, 5.41) is 3.37. The standard InChI is InChI=1S/C20H27N3O3S.ClH/c1-14(2)16-6-8-18(9-7-16)27(24,25)23-19-10-11-20(22-15(19)3)26-13-17-5-4-12-21-17;/h6-11,14,17,21,23H,4-5,12-13H2,1-3H3;1H/t17-;/m0./s1. The summed E-state index contributed by atoms with van der Waals surface area (Å²) in [6.07, 6.45) is 2.27. The number of ether oxygens (including phenoxy) is 1. The Morgan fingerprint density at radius 1 is 1.21 bits per heavy atom. The van der Waals surface area contributed by atoms with Crippen LogP contribution < -0.4 is 14.8 Å². The minimum atomic E-state index is -3.66. The molecular formula is C20H28ClN3O3S. The van der Waals surface area contributed by atoms with Crippen molar-refractivity contribution < 1.29 is 13.2 Å². The fraction of sp³-hybridized carbons (Fsp3) is 0.450. The summed E-state index contributed by atoms with van der Waals surface area (Å²) in [7, 11) is -3.66. The average molecular weight is 426 g/mol. The Balaban J connectivity index is 0.00000280. The van der Waals surface area contributed by atoms with Crippen LogP contribution in [0.3, 0.4) is 0 Å². The van der Waals surface area contributed by atoms with Gasteiger partial charge in [0, 0.05) is 12.1 Å². The maximum atomic E-state index is 12.6. The number of aromatic nitrogens is 1. The third kappa shape index (κ3) is 5.59. The van der Waals surface area contributed by atoms with E-state index in [0.29, 0.717) is 35.8 Å². The molecule has 1 aromatic heterocycles. The number of hydrogen-bond donors (Lipinski definition) is 2. The Morgan fingerprint density at radius 3 is 2.50 bits per heavy atom. The maximum Gasteiger partial charge on any atom is 0.261 e. The summed E-state index contributed by atoms with van der Waals surface area (Å²) >= 11 is 0. The highest BCUT2D eigenvalue weighted by Gasteiger charge is 2.17. The third-order valence-corrected chi connectivity index (χ3v) is 6.14. The molecule has 0 aliphatic carbocycles. The molecule has 0 amide bonds. The van der Waals surface area contributed by atoms with Crippen molar-refractivity contribution in [2.75, 3.05) is 17.9 Å². The number of nitrogens with zero attached hydrogens (tertiary/aromatic N) is 1. The Labute approximate surface area is 173 Å². The van der Waals surface area contributed by atoms with E-state index in [9.17, 15) is 8.42 Å². The van der Waals surface area contributed by atoms with Crippen LogP contribution in [0, 0.1) is 6.92 Å². The third-order valence-electron chi connectivity index (χ3n) is 4.76. The zero-order chi connectivity index (χ0) is 19.4. The van der Waals surface area contributed by atoms with Crippen molar-refractivity contribution in [1.29, 1.82) is 0 Å². The summed E-state index contributed by atoms with van der Waals surface area (Å²) in [5.74, 6) is 0.860. The van der Waals surface area contributed by atoms with Gasteiger partial charge < -0.3 is 10.1 Å². The molecule has 0 spiro atoms. The first-order valence-electron chi connectivity index (χ1n) is 9.32. The Morgan fingerprint density at radius 2 is 1.93 bits per heavy atom. The number of anilines is 1. The van der Waals surface area contributed by atoms with Crippen LogP contribution in [-0.2, 0) is 10.0 Å². The first-order valence-corrected chi connectivity index (χ1v) is 10.8. The fourth-order valence-corrected chi connectivity index (χ4v) is 4.16. The van der Waals surface area contributed by atoms with Crippen molar-refractivity contribution in [2.45, 2.75) is 50.5 Å². The molecule has 0 bridgehead atoms. The molecule has 1 saturated heterocycles. The van der Waals surface area contributed by atoms with Crippen LogP contribution in [-0.4, -0.2) is 32.6 Å². The van der Waals surface area contributed by atoms with Crippen LogP contribution in [0.5, 0.6) is 5.88 Å². The van der Waals surface area contributed by atoms with Crippen molar-refractivity contribution in [3.63, 3.8) is 0 Å². The van der Waals surface area contributed by atoms with Gasteiger partial charge in [-0.3, -0.25) is 4.72 Å². The second-order valence-electron chi connectivity index (χ2n) is 7.22. The average Bonchev–Trinajstić information content (AvgIpc) is 3.15. The van der Waals surface area contributed by atoms with Gasteiger partial charge in [-0.2, -0.15) is 0 Å². The van der Waals surface area contributed by atoms with E-state index in [4.69, 9.17) is 4.74 Å². The molecule has 8 heteroatoms. The molecule has 1 atom stereocenters. The van der Waals surface area contributed by atoms with Crippen LogP contribution >= 0.6 is 12.4 Å². The number of hydrogen-bond acceptors (Lipinski definition) is 5. The Kier molecular flexibility index (Phi) is 7.69. The lowest BCUT2D eigenvalue weighted by Gasteiger charge is -2.14. The predicted molar refractivity (Wildman–Crippen MR) is 114 cm³/mol. The van der Waals surface area contributed by atoms with Gasteiger partial charge >= 0.3 is 0 Å². The molecule has 6 nitrogen and oxygen atoms in total. The van der Waals surface area contributed by atoms with E-state index in [2.05, 4.69) is 28.9 Å². The second kappa shape index (κ2) is 9.58. The molecule has 0 saturated carbocycles. The minimum absolute atomic E-state index is 0. The van der Waals surface area contributed by atoms with Gasteiger partial charge in [0.15, 0.2) is 0 Å². The van der Waals surface area contributed by atoms with E-state index in [1.807, 2.05) is 12.1 Å². The van der Waals surface area contributed by atoms with Gasteiger partial charge in [0.1, 0.15) is 6.61 Å². The quantitative estimate of drug-likeness (QED) is 0.703. The molecule has 2 aromatic rings. The number of sulfonamides is 1. The molecule has 154 valence electrons. The Bertz CT molecular complexity index is 880.